The predicted octanol–water partition coefficient (Wildman–Crippen LogP) is 2.81. The molecule has 0 spiro atoms. The van der Waals surface area contributed by atoms with Crippen molar-refractivity contribution in [3.8, 4) is 0 Å². The van der Waals surface area contributed by atoms with Crippen molar-refractivity contribution in [2.24, 2.45) is 5.73 Å². The van der Waals surface area contributed by atoms with Gasteiger partial charge in [-0.2, -0.15) is 0 Å². The van der Waals surface area contributed by atoms with Gasteiger partial charge in [0.1, 0.15) is 0 Å². The van der Waals surface area contributed by atoms with Gasteiger partial charge in [-0.15, -0.1) is 0 Å². The van der Waals surface area contributed by atoms with E-state index in [1.807, 2.05) is 0 Å². The van der Waals surface area contributed by atoms with Crippen LogP contribution in [0.1, 0.15) is 38.3 Å². The summed E-state index contributed by atoms with van der Waals surface area (Å²) in [4.78, 5) is 2.51. The largest absolute Gasteiger partial charge is 0.330 e. The fourth-order valence-corrected chi connectivity index (χ4v) is 2.05. The van der Waals surface area contributed by atoms with Gasteiger partial charge in [0.15, 0.2) is 0 Å². The molecule has 0 aliphatic heterocycles. The van der Waals surface area contributed by atoms with Crippen molar-refractivity contribution < 1.29 is 0 Å². The zero-order valence-corrected chi connectivity index (χ0v) is 11.4. The molecule has 0 aliphatic carbocycles. The maximum Gasteiger partial charge on any atom is 0.0236 e. The normalized spacial score (nSPS) is 13.0. The Morgan fingerprint density at radius 1 is 1.12 bits per heavy atom. The Kier molecular flexibility index (Phi) is 6.23. The van der Waals surface area contributed by atoms with E-state index in [2.05, 4.69) is 49.9 Å². The first-order valence-corrected chi connectivity index (χ1v) is 6.73. The monoisotopic (exact) mass is 234 g/mol. The van der Waals surface area contributed by atoms with Gasteiger partial charge >= 0.3 is 0 Å². The predicted molar refractivity (Wildman–Crippen MR) is 75.0 cm³/mol. The van der Waals surface area contributed by atoms with E-state index >= 15 is 0 Å². The molecule has 0 aromatic heterocycles. The SMILES string of the molecule is CCC(C)N(CC)Cc1ccc(CCN)cc1. The molecule has 0 bridgehead atoms. The third-order valence-corrected chi connectivity index (χ3v) is 3.46. The number of hydrogen-bond donors (Lipinski definition) is 1. The van der Waals surface area contributed by atoms with E-state index in [-0.39, 0.29) is 0 Å². The highest BCUT2D eigenvalue weighted by Crippen LogP contribution is 2.11. The first-order chi connectivity index (χ1) is 8.21. The smallest absolute Gasteiger partial charge is 0.0236 e. The van der Waals surface area contributed by atoms with Crippen LogP contribution in [-0.2, 0) is 13.0 Å². The van der Waals surface area contributed by atoms with Crippen molar-refractivity contribution in [3.63, 3.8) is 0 Å². The summed E-state index contributed by atoms with van der Waals surface area (Å²) >= 11 is 0. The standard InChI is InChI=1S/C15H26N2/c1-4-13(3)17(5-2)12-15-8-6-14(7-9-15)10-11-16/h6-9,13H,4-5,10-12,16H2,1-3H3. The van der Waals surface area contributed by atoms with E-state index < -0.39 is 0 Å². The molecular formula is C15H26N2. The van der Waals surface area contributed by atoms with Gasteiger partial charge in [-0.3, -0.25) is 4.90 Å². The van der Waals surface area contributed by atoms with Gasteiger partial charge in [0.05, 0.1) is 0 Å². The van der Waals surface area contributed by atoms with Gasteiger partial charge < -0.3 is 5.73 Å². The lowest BCUT2D eigenvalue weighted by Crippen LogP contribution is -2.31. The van der Waals surface area contributed by atoms with Crippen LogP contribution in [0.15, 0.2) is 24.3 Å². The van der Waals surface area contributed by atoms with Crippen LogP contribution in [0.3, 0.4) is 0 Å². The van der Waals surface area contributed by atoms with Gasteiger partial charge in [0.2, 0.25) is 0 Å². The summed E-state index contributed by atoms with van der Waals surface area (Å²) in [5.41, 5.74) is 8.28. The van der Waals surface area contributed by atoms with Crippen LogP contribution >= 0.6 is 0 Å². The second-order valence-electron chi connectivity index (χ2n) is 4.68. The van der Waals surface area contributed by atoms with Crippen LogP contribution in [0.2, 0.25) is 0 Å². The molecule has 1 unspecified atom stereocenters. The van der Waals surface area contributed by atoms with Gasteiger partial charge in [-0.25, -0.2) is 0 Å². The summed E-state index contributed by atoms with van der Waals surface area (Å²) in [5.74, 6) is 0. The van der Waals surface area contributed by atoms with Crippen LogP contribution in [0.5, 0.6) is 0 Å². The van der Waals surface area contributed by atoms with Gasteiger partial charge in [-0.1, -0.05) is 38.1 Å². The quantitative estimate of drug-likeness (QED) is 0.786. The van der Waals surface area contributed by atoms with E-state index in [1.165, 1.54) is 17.5 Å². The van der Waals surface area contributed by atoms with Crippen LogP contribution < -0.4 is 5.73 Å². The highest BCUT2D eigenvalue weighted by atomic mass is 15.1. The summed E-state index contributed by atoms with van der Waals surface area (Å²) in [5, 5.41) is 0. The minimum atomic E-state index is 0.656. The lowest BCUT2D eigenvalue weighted by atomic mass is 10.1. The first kappa shape index (κ1) is 14.2. The Morgan fingerprint density at radius 3 is 2.18 bits per heavy atom. The minimum absolute atomic E-state index is 0.656. The van der Waals surface area contributed by atoms with Gasteiger partial charge in [-0.05, 0) is 44.0 Å². The van der Waals surface area contributed by atoms with Crippen LogP contribution in [0.25, 0.3) is 0 Å². The fraction of sp³-hybridized carbons (Fsp3) is 0.600. The molecule has 1 aromatic rings. The molecule has 0 radical (unpaired) electrons. The average molecular weight is 234 g/mol. The van der Waals surface area contributed by atoms with E-state index in [0.717, 1.165) is 26.1 Å². The highest BCUT2D eigenvalue weighted by Gasteiger charge is 2.09. The van der Waals surface area contributed by atoms with Crippen molar-refractivity contribution in [2.45, 2.75) is 46.2 Å². The fourth-order valence-electron chi connectivity index (χ4n) is 2.05. The molecule has 0 saturated carbocycles. The molecule has 96 valence electrons. The molecule has 0 amide bonds. The van der Waals surface area contributed by atoms with Gasteiger partial charge in [0.25, 0.3) is 0 Å². The Hall–Kier alpha value is -0.860. The summed E-state index contributed by atoms with van der Waals surface area (Å²) in [6.07, 6.45) is 2.18. The Morgan fingerprint density at radius 2 is 1.71 bits per heavy atom. The lowest BCUT2D eigenvalue weighted by molar-refractivity contribution is 0.206. The van der Waals surface area contributed by atoms with Crippen molar-refractivity contribution in [1.82, 2.24) is 4.90 Å². The molecule has 17 heavy (non-hydrogen) atoms. The molecule has 1 aromatic carbocycles. The van der Waals surface area contributed by atoms with Crippen molar-refractivity contribution >= 4 is 0 Å². The van der Waals surface area contributed by atoms with Crippen molar-refractivity contribution in [1.29, 1.82) is 0 Å². The maximum atomic E-state index is 5.55. The van der Waals surface area contributed by atoms with Crippen LogP contribution in [0.4, 0.5) is 0 Å². The molecule has 0 heterocycles. The number of benzene rings is 1. The molecule has 0 fully saturated rings. The minimum Gasteiger partial charge on any atom is -0.330 e. The molecular weight excluding hydrogens is 208 g/mol. The van der Waals surface area contributed by atoms with E-state index in [9.17, 15) is 0 Å². The second-order valence-corrected chi connectivity index (χ2v) is 4.68. The molecule has 1 atom stereocenters. The number of rotatable bonds is 7. The van der Waals surface area contributed by atoms with Crippen LogP contribution in [0, 0.1) is 0 Å². The van der Waals surface area contributed by atoms with Crippen molar-refractivity contribution in [3.05, 3.63) is 35.4 Å². The van der Waals surface area contributed by atoms with Crippen molar-refractivity contribution in [2.75, 3.05) is 13.1 Å². The number of hydrogen-bond acceptors (Lipinski definition) is 2. The third kappa shape index (κ3) is 4.49. The average Bonchev–Trinajstić information content (AvgIpc) is 2.37. The first-order valence-electron chi connectivity index (χ1n) is 6.73. The van der Waals surface area contributed by atoms with Gasteiger partial charge in [0, 0.05) is 12.6 Å². The van der Waals surface area contributed by atoms with E-state index in [4.69, 9.17) is 5.73 Å². The topological polar surface area (TPSA) is 29.3 Å². The summed E-state index contributed by atoms with van der Waals surface area (Å²) in [6.45, 7) is 9.67. The molecule has 1 rings (SSSR count). The summed E-state index contributed by atoms with van der Waals surface area (Å²) in [6, 6.07) is 9.52. The van der Waals surface area contributed by atoms with E-state index in [0.29, 0.717) is 6.04 Å². The zero-order valence-electron chi connectivity index (χ0n) is 11.4. The molecule has 2 heteroatoms. The Labute approximate surface area is 106 Å². The Balaban J connectivity index is 2.60. The molecule has 0 saturated heterocycles. The molecule has 0 aliphatic rings. The highest BCUT2D eigenvalue weighted by molar-refractivity contribution is 5.22. The molecule has 2 N–H and O–H groups in total. The van der Waals surface area contributed by atoms with Crippen LogP contribution in [-0.4, -0.2) is 24.0 Å². The summed E-state index contributed by atoms with van der Waals surface area (Å²) in [7, 11) is 0. The third-order valence-electron chi connectivity index (χ3n) is 3.46. The molecule has 2 nitrogen and oxygen atoms in total. The number of nitrogens with zero attached hydrogens (tertiary/aromatic N) is 1. The van der Waals surface area contributed by atoms with E-state index in [1.54, 1.807) is 0 Å². The Bertz CT molecular complexity index is 305. The second kappa shape index (κ2) is 7.46. The maximum absolute atomic E-state index is 5.55. The summed E-state index contributed by atoms with van der Waals surface area (Å²) < 4.78 is 0. The lowest BCUT2D eigenvalue weighted by Gasteiger charge is -2.27. The number of nitrogens with two attached hydrogens (primary N) is 1. The zero-order chi connectivity index (χ0) is 12.7.